The first kappa shape index (κ1) is 12.5. The lowest BCUT2D eigenvalue weighted by atomic mass is 10.1. The molecule has 0 saturated heterocycles. The van der Waals surface area contributed by atoms with Crippen LogP contribution < -0.4 is 0 Å². The van der Waals surface area contributed by atoms with Crippen molar-refractivity contribution in [3.05, 3.63) is 34.9 Å². The first-order valence-electron chi connectivity index (χ1n) is 5.44. The molecule has 1 rings (SSSR count). The highest BCUT2D eigenvalue weighted by atomic mass is 35.5. The van der Waals surface area contributed by atoms with Gasteiger partial charge in [0.25, 0.3) is 0 Å². The van der Waals surface area contributed by atoms with E-state index in [4.69, 9.17) is 16.3 Å². The molecule has 15 heavy (non-hydrogen) atoms. The van der Waals surface area contributed by atoms with Crippen LogP contribution >= 0.6 is 11.6 Å². The van der Waals surface area contributed by atoms with Gasteiger partial charge < -0.3 is 4.74 Å². The lowest BCUT2D eigenvalue weighted by molar-refractivity contribution is 0.0480. The van der Waals surface area contributed by atoms with Crippen LogP contribution in [0.5, 0.6) is 0 Å². The van der Waals surface area contributed by atoms with E-state index in [0.717, 1.165) is 18.1 Å². The zero-order valence-corrected chi connectivity index (χ0v) is 10.4. The van der Waals surface area contributed by atoms with Crippen molar-refractivity contribution < 1.29 is 4.74 Å². The molecule has 0 aromatic heterocycles. The summed E-state index contributed by atoms with van der Waals surface area (Å²) in [6.45, 7) is 7.26. The second kappa shape index (κ2) is 6.14. The lowest BCUT2D eigenvalue weighted by Gasteiger charge is -2.14. The molecule has 0 aliphatic carbocycles. The van der Waals surface area contributed by atoms with Crippen LogP contribution in [0.25, 0.3) is 0 Å². The van der Waals surface area contributed by atoms with E-state index in [-0.39, 0.29) is 6.10 Å². The number of rotatable bonds is 5. The maximum atomic E-state index is 5.82. The van der Waals surface area contributed by atoms with Crippen LogP contribution in [0.2, 0.25) is 5.02 Å². The van der Waals surface area contributed by atoms with Crippen molar-refractivity contribution in [2.45, 2.75) is 33.3 Å². The number of ether oxygens (including phenoxy) is 1. The zero-order chi connectivity index (χ0) is 11.3. The van der Waals surface area contributed by atoms with Crippen molar-refractivity contribution in [3.8, 4) is 0 Å². The average molecular weight is 227 g/mol. The van der Waals surface area contributed by atoms with Crippen molar-refractivity contribution in [1.29, 1.82) is 0 Å². The quantitative estimate of drug-likeness (QED) is 0.739. The maximum absolute atomic E-state index is 5.82. The molecule has 0 radical (unpaired) electrons. The summed E-state index contributed by atoms with van der Waals surface area (Å²) in [5, 5.41) is 0.787. The van der Waals surface area contributed by atoms with Gasteiger partial charge in [0.15, 0.2) is 0 Å². The van der Waals surface area contributed by atoms with E-state index in [1.165, 1.54) is 5.56 Å². The molecule has 2 heteroatoms. The van der Waals surface area contributed by atoms with Gasteiger partial charge in [-0.25, -0.2) is 0 Å². The van der Waals surface area contributed by atoms with Gasteiger partial charge in [-0.05, 0) is 37.0 Å². The lowest BCUT2D eigenvalue weighted by Crippen LogP contribution is -2.15. The molecule has 0 aliphatic rings. The highest BCUT2D eigenvalue weighted by Gasteiger charge is 2.04. The summed E-state index contributed by atoms with van der Waals surface area (Å²) in [7, 11) is 0. The van der Waals surface area contributed by atoms with Crippen molar-refractivity contribution >= 4 is 11.6 Å². The third-order valence-corrected chi connectivity index (χ3v) is 2.40. The number of benzene rings is 1. The summed E-state index contributed by atoms with van der Waals surface area (Å²) in [5.74, 6) is 0.595. The van der Waals surface area contributed by atoms with Crippen LogP contribution in [0.1, 0.15) is 26.3 Å². The summed E-state index contributed by atoms with van der Waals surface area (Å²) in [4.78, 5) is 0. The zero-order valence-electron chi connectivity index (χ0n) is 9.66. The predicted molar refractivity (Wildman–Crippen MR) is 65.4 cm³/mol. The van der Waals surface area contributed by atoms with E-state index >= 15 is 0 Å². The molecule has 84 valence electrons. The van der Waals surface area contributed by atoms with E-state index in [2.05, 4.69) is 32.9 Å². The number of hydrogen-bond acceptors (Lipinski definition) is 1. The van der Waals surface area contributed by atoms with Gasteiger partial charge in [-0.2, -0.15) is 0 Å². The van der Waals surface area contributed by atoms with Gasteiger partial charge in [-0.15, -0.1) is 0 Å². The average Bonchev–Trinajstić information content (AvgIpc) is 2.19. The smallest absolute Gasteiger partial charge is 0.0587 e. The molecule has 1 aromatic carbocycles. The van der Waals surface area contributed by atoms with Crippen LogP contribution in [0.3, 0.4) is 0 Å². The van der Waals surface area contributed by atoms with Gasteiger partial charge in [-0.3, -0.25) is 0 Å². The molecule has 0 bridgehead atoms. The minimum atomic E-state index is 0.272. The van der Waals surface area contributed by atoms with Crippen LogP contribution in [0.15, 0.2) is 24.3 Å². The topological polar surface area (TPSA) is 9.23 Å². The van der Waals surface area contributed by atoms with Crippen molar-refractivity contribution in [1.82, 2.24) is 0 Å². The molecular weight excluding hydrogens is 208 g/mol. The van der Waals surface area contributed by atoms with Crippen LogP contribution in [0.4, 0.5) is 0 Å². The van der Waals surface area contributed by atoms with Crippen LogP contribution in [0, 0.1) is 5.92 Å². The Labute approximate surface area is 97.4 Å². The van der Waals surface area contributed by atoms with Gasteiger partial charge in [0.05, 0.1) is 6.10 Å². The maximum Gasteiger partial charge on any atom is 0.0587 e. The Hall–Kier alpha value is -0.530. The highest BCUT2D eigenvalue weighted by Crippen LogP contribution is 2.12. The van der Waals surface area contributed by atoms with E-state index in [1.54, 1.807) is 0 Å². The minimum absolute atomic E-state index is 0.272. The fourth-order valence-corrected chi connectivity index (χ4v) is 1.49. The van der Waals surface area contributed by atoms with Crippen LogP contribution in [-0.4, -0.2) is 12.7 Å². The first-order chi connectivity index (χ1) is 7.08. The normalized spacial score (nSPS) is 13.1. The van der Waals surface area contributed by atoms with Gasteiger partial charge in [0.1, 0.15) is 0 Å². The fraction of sp³-hybridized carbons (Fsp3) is 0.538. The van der Waals surface area contributed by atoms with E-state index in [9.17, 15) is 0 Å². The standard InChI is InChI=1S/C13H19ClO/c1-10(2)9-15-11(3)8-12-4-6-13(14)7-5-12/h4-7,10-11H,8-9H2,1-3H3. The van der Waals surface area contributed by atoms with Gasteiger partial charge in [0.2, 0.25) is 0 Å². The summed E-state index contributed by atoms with van der Waals surface area (Å²) < 4.78 is 5.70. The van der Waals surface area contributed by atoms with E-state index in [0.29, 0.717) is 5.92 Å². The molecule has 0 amide bonds. The van der Waals surface area contributed by atoms with E-state index in [1.807, 2.05) is 12.1 Å². The molecule has 1 nitrogen and oxygen atoms in total. The monoisotopic (exact) mass is 226 g/mol. The number of hydrogen-bond donors (Lipinski definition) is 0. The molecular formula is C13H19ClO. The molecule has 0 fully saturated rings. The Kier molecular flexibility index (Phi) is 5.13. The molecule has 0 heterocycles. The summed E-state index contributed by atoms with van der Waals surface area (Å²) in [6.07, 6.45) is 1.22. The molecule has 1 atom stereocenters. The van der Waals surface area contributed by atoms with Crippen LogP contribution in [-0.2, 0) is 11.2 Å². The van der Waals surface area contributed by atoms with Gasteiger partial charge >= 0.3 is 0 Å². The molecule has 0 N–H and O–H groups in total. The predicted octanol–water partition coefficient (Wildman–Crippen LogP) is 3.94. The summed E-state index contributed by atoms with van der Waals surface area (Å²) in [6, 6.07) is 7.95. The second-order valence-corrected chi connectivity index (χ2v) is 4.80. The molecule has 0 aliphatic heterocycles. The molecule has 0 saturated carbocycles. The minimum Gasteiger partial charge on any atom is -0.378 e. The van der Waals surface area contributed by atoms with E-state index < -0.39 is 0 Å². The summed E-state index contributed by atoms with van der Waals surface area (Å²) >= 11 is 5.82. The van der Waals surface area contributed by atoms with Crippen molar-refractivity contribution in [2.75, 3.05) is 6.61 Å². The Morgan fingerprint density at radius 2 is 1.73 bits per heavy atom. The largest absolute Gasteiger partial charge is 0.378 e. The summed E-state index contributed by atoms with van der Waals surface area (Å²) in [5.41, 5.74) is 1.27. The second-order valence-electron chi connectivity index (χ2n) is 4.37. The Morgan fingerprint density at radius 1 is 1.13 bits per heavy atom. The van der Waals surface area contributed by atoms with Crippen molar-refractivity contribution in [2.24, 2.45) is 5.92 Å². The SMILES string of the molecule is CC(C)COC(C)Cc1ccc(Cl)cc1. The van der Waals surface area contributed by atoms with Crippen molar-refractivity contribution in [3.63, 3.8) is 0 Å². The molecule has 1 aromatic rings. The Balaban J connectivity index is 2.37. The fourth-order valence-electron chi connectivity index (χ4n) is 1.37. The molecule has 0 spiro atoms. The Bertz CT molecular complexity index is 279. The number of halogens is 1. The van der Waals surface area contributed by atoms with Gasteiger partial charge in [-0.1, -0.05) is 37.6 Å². The van der Waals surface area contributed by atoms with Gasteiger partial charge in [0, 0.05) is 11.6 Å². The Morgan fingerprint density at radius 3 is 2.27 bits per heavy atom. The highest BCUT2D eigenvalue weighted by molar-refractivity contribution is 6.30. The third-order valence-electron chi connectivity index (χ3n) is 2.15. The molecule has 1 unspecified atom stereocenters. The third kappa shape index (κ3) is 5.19. The first-order valence-corrected chi connectivity index (χ1v) is 5.81.